The van der Waals surface area contributed by atoms with Crippen molar-refractivity contribution in [2.75, 3.05) is 17.4 Å². The Morgan fingerprint density at radius 1 is 0.889 bits per heavy atom. The van der Waals surface area contributed by atoms with E-state index in [2.05, 4.69) is 5.32 Å². The van der Waals surface area contributed by atoms with Crippen molar-refractivity contribution in [1.82, 2.24) is 10.2 Å². The van der Waals surface area contributed by atoms with Gasteiger partial charge in [-0.2, -0.15) is 0 Å². The van der Waals surface area contributed by atoms with Gasteiger partial charge < -0.3 is 10.2 Å². The molecule has 3 aromatic rings. The third-order valence-corrected chi connectivity index (χ3v) is 7.89. The molecule has 0 fully saturated rings. The van der Waals surface area contributed by atoms with Gasteiger partial charge in [0.2, 0.25) is 11.8 Å². The first kappa shape index (κ1) is 26.9. The number of rotatable bonds is 10. The predicted molar refractivity (Wildman–Crippen MR) is 142 cm³/mol. The Kier molecular flexibility index (Phi) is 8.88. The summed E-state index contributed by atoms with van der Waals surface area (Å²) < 4.78 is 28.6. The molecule has 3 rings (SSSR count). The summed E-state index contributed by atoms with van der Waals surface area (Å²) in [7, 11) is -4.06. The molecular formula is C28H33N3O4S. The fourth-order valence-corrected chi connectivity index (χ4v) is 5.24. The smallest absolute Gasteiger partial charge is 0.264 e. The van der Waals surface area contributed by atoms with E-state index in [1.807, 2.05) is 57.2 Å². The highest BCUT2D eigenvalue weighted by molar-refractivity contribution is 7.92. The van der Waals surface area contributed by atoms with E-state index in [1.54, 1.807) is 37.3 Å². The molecule has 0 aliphatic heterocycles. The van der Waals surface area contributed by atoms with E-state index in [9.17, 15) is 18.0 Å². The van der Waals surface area contributed by atoms with Crippen LogP contribution in [-0.4, -0.2) is 44.3 Å². The Hall–Kier alpha value is -3.65. The number of sulfonamides is 1. The van der Waals surface area contributed by atoms with Crippen LogP contribution in [-0.2, 0) is 26.2 Å². The number of carbonyl (C=O) groups excluding carboxylic acids is 2. The first-order valence-corrected chi connectivity index (χ1v) is 13.3. The van der Waals surface area contributed by atoms with Crippen molar-refractivity contribution in [2.45, 2.75) is 45.2 Å². The normalized spacial score (nSPS) is 12.0. The van der Waals surface area contributed by atoms with Crippen molar-refractivity contribution in [1.29, 1.82) is 0 Å². The molecule has 36 heavy (non-hydrogen) atoms. The van der Waals surface area contributed by atoms with Gasteiger partial charge in [0.15, 0.2) is 0 Å². The van der Waals surface area contributed by atoms with Gasteiger partial charge in [0.1, 0.15) is 12.6 Å². The summed E-state index contributed by atoms with van der Waals surface area (Å²) >= 11 is 0. The number of nitrogens with zero attached hydrogens (tertiary/aromatic N) is 2. The van der Waals surface area contributed by atoms with Crippen LogP contribution in [0.4, 0.5) is 5.69 Å². The quantitative estimate of drug-likeness (QED) is 0.449. The molecule has 0 bridgehead atoms. The van der Waals surface area contributed by atoms with Crippen LogP contribution < -0.4 is 9.62 Å². The van der Waals surface area contributed by atoms with E-state index in [-0.39, 0.29) is 17.3 Å². The highest BCUT2D eigenvalue weighted by Gasteiger charge is 2.32. The first-order chi connectivity index (χ1) is 17.1. The number of carbonyl (C=O) groups is 2. The van der Waals surface area contributed by atoms with Crippen molar-refractivity contribution in [3.63, 3.8) is 0 Å². The molecule has 0 aliphatic carbocycles. The topological polar surface area (TPSA) is 86.8 Å². The molecule has 3 aromatic carbocycles. The van der Waals surface area contributed by atoms with Crippen molar-refractivity contribution < 1.29 is 18.0 Å². The van der Waals surface area contributed by atoms with E-state index in [0.717, 1.165) is 21.0 Å². The van der Waals surface area contributed by atoms with Crippen molar-refractivity contribution in [3.8, 4) is 0 Å². The molecule has 1 atom stereocenters. The van der Waals surface area contributed by atoms with E-state index in [1.165, 1.54) is 17.0 Å². The average molecular weight is 508 g/mol. The molecule has 0 heterocycles. The molecular weight excluding hydrogens is 474 g/mol. The average Bonchev–Trinajstić information content (AvgIpc) is 2.88. The second-order valence-electron chi connectivity index (χ2n) is 8.67. The van der Waals surface area contributed by atoms with Gasteiger partial charge in [-0.3, -0.25) is 13.9 Å². The van der Waals surface area contributed by atoms with Crippen LogP contribution in [0.5, 0.6) is 0 Å². The molecule has 190 valence electrons. The maximum absolute atomic E-state index is 13.8. The minimum absolute atomic E-state index is 0.0856. The van der Waals surface area contributed by atoms with Gasteiger partial charge in [-0.15, -0.1) is 0 Å². The molecule has 0 aliphatic rings. The summed E-state index contributed by atoms with van der Waals surface area (Å²) in [6.45, 7) is 7.44. The maximum atomic E-state index is 13.8. The first-order valence-electron chi connectivity index (χ1n) is 11.9. The SMILES string of the molecule is CCNC(=O)[C@H](C)N(Cc1ccccc1)C(=O)CN(c1ccc(C)c(C)c1)S(=O)(=O)c1ccccc1. The van der Waals surface area contributed by atoms with Crippen LogP contribution >= 0.6 is 0 Å². The number of nitrogens with one attached hydrogen (secondary N) is 1. The zero-order valence-corrected chi connectivity index (χ0v) is 22.0. The van der Waals surface area contributed by atoms with Crippen molar-refractivity contribution in [2.24, 2.45) is 0 Å². The second-order valence-corrected chi connectivity index (χ2v) is 10.5. The van der Waals surface area contributed by atoms with Gasteiger partial charge in [-0.05, 0) is 68.7 Å². The Labute approximate surface area is 213 Å². The molecule has 7 nitrogen and oxygen atoms in total. The minimum Gasteiger partial charge on any atom is -0.355 e. The van der Waals surface area contributed by atoms with Crippen LogP contribution in [0.3, 0.4) is 0 Å². The third-order valence-electron chi connectivity index (χ3n) is 6.10. The molecule has 0 radical (unpaired) electrons. The zero-order valence-electron chi connectivity index (χ0n) is 21.1. The van der Waals surface area contributed by atoms with Crippen molar-refractivity contribution >= 4 is 27.5 Å². The van der Waals surface area contributed by atoms with Gasteiger partial charge in [0.25, 0.3) is 10.0 Å². The fourth-order valence-electron chi connectivity index (χ4n) is 3.81. The van der Waals surface area contributed by atoms with Gasteiger partial charge >= 0.3 is 0 Å². The van der Waals surface area contributed by atoms with Gasteiger partial charge in [0.05, 0.1) is 10.6 Å². The molecule has 0 unspecified atom stereocenters. The van der Waals surface area contributed by atoms with E-state index < -0.39 is 28.5 Å². The Morgan fingerprint density at radius 3 is 2.08 bits per heavy atom. The minimum atomic E-state index is -4.06. The Bertz CT molecular complexity index is 1290. The number of amides is 2. The number of likely N-dealkylation sites (N-methyl/N-ethyl adjacent to an activating group) is 1. The third kappa shape index (κ3) is 6.31. The fraction of sp³-hybridized carbons (Fsp3) is 0.286. The number of aryl methyl sites for hydroxylation is 2. The number of hydrogen-bond donors (Lipinski definition) is 1. The van der Waals surface area contributed by atoms with Crippen LogP contribution in [0.25, 0.3) is 0 Å². The van der Waals surface area contributed by atoms with Crippen LogP contribution in [0, 0.1) is 13.8 Å². The summed E-state index contributed by atoms with van der Waals surface area (Å²) in [5.74, 6) is -0.777. The molecule has 8 heteroatoms. The van der Waals surface area contributed by atoms with E-state index in [0.29, 0.717) is 12.2 Å². The molecule has 0 spiro atoms. The summed E-state index contributed by atoms with van der Waals surface area (Å²) in [5, 5.41) is 2.76. The van der Waals surface area contributed by atoms with Crippen LogP contribution in [0.15, 0.2) is 83.8 Å². The lowest BCUT2D eigenvalue weighted by Gasteiger charge is -2.32. The molecule has 0 saturated heterocycles. The largest absolute Gasteiger partial charge is 0.355 e. The summed E-state index contributed by atoms with van der Waals surface area (Å²) in [5.41, 5.74) is 3.15. The van der Waals surface area contributed by atoms with Crippen LogP contribution in [0.2, 0.25) is 0 Å². The lowest BCUT2D eigenvalue weighted by molar-refractivity contribution is -0.139. The van der Waals surface area contributed by atoms with Gasteiger partial charge in [-0.1, -0.05) is 54.6 Å². The second kappa shape index (κ2) is 11.9. The monoisotopic (exact) mass is 507 g/mol. The standard InChI is InChI=1S/C28H33N3O4S/c1-5-29-28(33)23(4)30(19-24-12-8-6-9-13-24)27(32)20-31(25-17-16-21(2)22(3)18-25)36(34,35)26-14-10-7-11-15-26/h6-18,23H,5,19-20H2,1-4H3,(H,29,33)/t23-/m0/s1. The Balaban J connectivity index is 2.03. The molecule has 0 aromatic heterocycles. The Morgan fingerprint density at radius 2 is 1.50 bits per heavy atom. The molecule has 1 N–H and O–H groups in total. The van der Waals surface area contributed by atoms with E-state index >= 15 is 0 Å². The summed E-state index contributed by atoms with van der Waals surface area (Å²) in [6, 6.07) is 21.9. The van der Waals surface area contributed by atoms with E-state index in [4.69, 9.17) is 0 Å². The lowest BCUT2D eigenvalue weighted by atomic mass is 10.1. The van der Waals surface area contributed by atoms with Gasteiger partial charge in [0, 0.05) is 13.1 Å². The highest BCUT2D eigenvalue weighted by atomic mass is 32.2. The number of hydrogen-bond acceptors (Lipinski definition) is 4. The highest BCUT2D eigenvalue weighted by Crippen LogP contribution is 2.26. The van der Waals surface area contributed by atoms with Crippen molar-refractivity contribution in [3.05, 3.63) is 95.6 Å². The molecule has 0 saturated carbocycles. The maximum Gasteiger partial charge on any atom is 0.264 e. The lowest BCUT2D eigenvalue weighted by Crippen LogP contribution is -2.51. The predicted octanol–water partition coefficient (Wildman–Crippen LogP) is 4.05. The van der Waals surface area contributed by atoms with Crippen LogP contribution in [0.1, 0.15) is 30.5 Å². The number of benzene rings is 3. The zero-order chi connectivity index (χ0) is 26.3. The number of anilines is 1. The summed E-state index contributed by atoms with van der Waals surface area (Å²) in [4.78, 5) is 28.0. The molecule has 2 amide bonds. The van der Waals surface area contributed by atoms with Gasteiger partial charge in [-0.25, -0.2) is 8.42 Å². The summed E-state index contributed by atoms with van der Waals surface area (Å²) in [6.07, 6.45) is 0.